The maximum absolute atomic E-state index is 10.1. The van der Waals surface area contributed by atoms with Crippen LogP contribution in [0.1, 0.15) is 15.3 Å². The fourth-order valence-corrected chi connectivity index (χ4v) is 0.136. The second-order valence-electron chi connectivity index (χ2n) is 1.67. The molecule has 0 rings (SSSR count). The van der Waals surface area contributed by atoms with Gasteiger partial charge in [-0.3, -0.25) is 9.59 Å². The van der Waals surface area contributed by atoms with E-state index in [2.05, 4.69) is 0 Å². The number of ketones is 1. The number of Topliss-reactive ketones (excluding diaryl/α,β-unsaturated/α-hetero) is 1. The average Bonchev–Trinajstić information content (AvgIpc) is 1.65. The monoisotopic (exact) mass is 124 g/mol. The van der Waals surface area contributed by atoms with Gasteiger partial charge in [-0.2, -0.15) is 0 Å². The molecule has 0 unspecified atom stereocenters. The van der Waals surface area contributed by atoms with E-state index < -0.39 is 0 Å². The van der Waals surface area contributed by atoms with Crippen LogP contribution in [0.3, 0.4) is 0 Å². The van der Waals surface area contributed by atoms with Gasteiger partial charge < -0.3 is 1.43 Å². The number of carbonyl (C=O) groups is 2. The zero-order chi connectivity index (χ0) is 5.86. The standard InChI is InChI=1S/C5H8O2.Na.H/c1-4(2)5(7)3-6;;/h3-4H,1-2H3;;/q;+1;-1. The smallest absolute Gasteiger partial charge is 1.00 e. The van der Waals surface area contributed by atoms with Gasteiger partial charge >= 0.3 is 29.6 Å². The van der Waals surface area contributed by atoms with Crippen LogP contribution in [-0.2, 0) is 9.59 Å². The molecule has 42 valence electrons. The third kappa shape index (κ3) is 4.50. The molecule has 8 heavy (non-hydrogen) atoms. The van der Waals surface area contributed by atoms with Gasteiger partial charge in [0, 0.05) is 5.92 Å². The molecule has 0 aliphatic heterocycles. The van der Waals surface area contributed by atoms with Gasteiger partial charge in [0.2, 0.25) is 0 Å². The van der Waals surface area contributed by atoms with Crippen molar-refractivity contribution in [2.45, 2.75) is 13.8 Å². The molecule has 0 aromatic rings. The van der Waals surface area contributed by atoms with Crippen molar-refractivity contribution in [1.29, 1.82) is 0 Å². The zero-order valence-electron chi connectivity index (χ0n) is 6.47. The zero-order valence-corrected chi connectivity index (χ0v) is 7.47. The third-order valence-electron chi connectivity index (χ3n) is 0.685. The van der Waals surface area contributed by atoms with Crippen LogP contribution in [-0.4, -0.2) is 12.1 Å². The van der Waals surface area contributed by atoms with Gasteiger partial charge in [-0.25, -0.2) is 0 Å². The summed E-state index contributed by atoms with van der Waals surface area (Å²) in [6, 6.07) is 0. The first-order valence-corrected chi connectivity index (χ1v) is 2.17. The Balaban J connectivity index is -0.000000180. The fraction of sp³-hybridized carbons (Fsp3) is 0.600. The predicted octanol–water partition coefficient (Wildman–Crippen LogP) is -2.47. The Morgan fingerprint density at radius 1 is 1.62 bits per heavy atom. The molecule has 2 nitrogen and oxygen atoms in total. The van der Waals surface area contributed by atoms with Crippen LogP contribution in [0, 0.1) is 5.92 Å². The summed E-state index contributed by atoms with van der Waals surface area (Å²) in [6.45, 7) is 3.38. The first-order valence-electron chi connectivity index (χ1n) is 2.17. The second kappa shape index (κ2) is 5.48. The van der Waals surface area contributed by atoms with E-state index >= 15 is 0 Å². The molecule has 0 N–H and O–H groups in total. The number of hydrogen-bond acceptors (Lipinski definition) is 2. The molecule has 3 heteroatoms. The molecule has 0 saturated carbocycles. The van der Waals surface area contributed by atoms with E-state index in [-0.39, 0.29) is 42.7 Å². The minimum absolute atomic E-state index is 0. The first kappa shape index (κ1) is 11.2. The number of aldehydes is 1. The molecule has 0 aromatic heterocycles. The molecule has 0 heterocycles. The Bertz CT molecular complexity index is 93.0. The second-order valence-corrected chi connectivity index (χ2v) is 1.67. The van der Waals surface area contributed by atoms with E-state index in [1.165, 1.54) is 0 Å². The van der Waals surface area contributed by atoms with Crippen LogP contribution < -0.4 is 29.6 Å². The van der Waals surface area contributed by atoms with E-state index in [1.807, 2.05) is 0 Å². The van der Waals surface area contributed by atoms with Crippen molar-refractivity contribution in [3.05, 3.63) is 0 Å². The molecule has 0 radical (unpaired) electrons. The van der Waals surface area contributed by atoms with Crippen molar-refractivity contribution in [3.63, 3.8) is 0 Å². The summed E-state index contributed by atoms with van der Waals surface area (Å²) in [6.07, 6.45) is 0.352. The predicted molar refractivity (Wildman–Crippen MR) is 27.0 cm³/mol. The van der Waals surface area contributed by atoms with Gasteiger partial charge in [0.1, 0.15) is 0 Å². The SMILES string of the molecule is CC(C)C(=O)C=O.[H-].[Na+]. The van der Waals surface area contributed by atoms with Crippen LogP contribution in [0.2, 0.25) is 0 Å². The van der Waals surface area contributed by atoms with Crippen LogP contribution in [0.5, 0.6) is 0 Å². The summed E-state index contributed by atoms with van der Waals surface area (Å²) in [7, 11) is 0. The molecule has 0 spiro atoms. The van der Waals surface area contributed by atoms with E-state index in [0.717, 1.165) is 0 Å². The molecule has 0 atom stereocenters. The topological polar surface area (TPSA) is 34.1 Å². The summed E-state index contributed by atoms with van der Waals surface area (Å²) in [5.41, 5.74) is 0. The normalized spacial score (nSPS) is 7.88. The van der Waals surface area contributed by atoms with Gasteiger partial charge in [0.25, 0.3) is 0 Å². The third-order valence-corrected chi connectivity index (χ3v) is 0.685. The van der Waals surface area contributed by atoms with Crippen LogP contribution >= 0.6 is 0 Å². The minimum Gasteiger partial charge on any atom is -1.00 e. The van der Waals surface area contributed by atoms with Crippen LogP contribution in [0.25, 0.3) is 0 Å². The summed E-state index contributed by atoms with van der Waals surface area (Å²) < 4.78 is 0. The Kier molecular flexibility index (Phi) is 7.65. The Labute approximate surface area is 72.4 Å². The van der Waals surface area contributed by atoms with Crippen molar-refractivity contribution < 1.29 is 40.6 Å². The van der Waals surface area contributed by atoms with Crippen molar-refractivity contribution in [1.82, 2.24) is 0 Å². The van der Waals surface area contributed by atoms with Gasteiger partial charge in [0.05, 0.1) is 0 Å². The quantitative estimate of drug-likeness (QED) is 0.232. The summed E-state index contributed by atoms with van der Waals surface area (Å²) in [4.78, 5) is 19.7. The van der Waals surface area contributed by atoms with E-state index in [0.29, 0.717) is 6.29 Å². The van der Waals surface area contributed by atoms with Gasteiger partial charge in [-0.05, 0) is 0 Å². The fourth-order valence-electron chi connectivity index (χ4n) is 0.136. The van der Waals surface area contributed by atoms with Crippen molar-refractivity contribution in [2.24, 2.45) is 5.92 Å². The molecule has 0 saturated heterocycles. The van der Waals surface area contributed by atoms with Gasteiger partial charge in [0.15, 0.2) is 12.1 Å². The van der Waals surface area contributed by atoms with Gasteiger partial charge in [-0.1, -0.05) is 13.8 Å². The summed E-state index contributed by atoms with van der Waals surface area (Å²) in [5.74, 6) is -0.475. The Hall–Kier alpha value is 0.340. The summed E-state index contributed by atoms with van der Waals surface area (Å²) >= 11 is 0. The van der Waals surface area contributed by atoms with Crippen molar-refractivity contribution in [2.75, 3.05) is 0 Å². The number of hydrogen-bond donors (Lipinski definition) is 0. The molecular formula is C5H9NaO2. The maximum atomic E-state index is 10.1. The molecule has 0 bridgehead atoms. The first-order chi connectivity index (χ1) is 3.18. The Morgan fingerprint density at radius 3 is 2.00 bits per heavy atom. The largest absolute Gasteiger partial charge is 1.00 e. The molecule has 0 fully saturated rings. The number of rotatable bonds is 2. The van der Waals surface area contributed by atoms with E-state index in [9.17, 15) is 9.59 Å². The van der Waals surface area contributed by atoms with Crippen molar-refractivity contribution in [3.8, 4) is 0 Å². The Morgan fingerprint density at radius 2 is 2.00 bits per heavy atom. The van der Waals surface area contributed by atoms with Crippen molar-refractivity contribution >= 4 is 12.1 Å². The van der Waals surface area contributed by atoms with E-state index in [4.69, 9.17) is 0 Å². The average molecular weight is 124 g/mol. The molecule has 0 amide bonds. The van der Waals surface area contributed by atoms with Gasteiger partial charge in [-0.15, -0.1) is 0 Å². The maximum Gasteiger partial charge on any atom is 1.00 e. The van der Waals surface area contributed by atoms with Crippen LogP contribution in [0.15, 0.2) is 0 Å². The molecular weight excluding hydrogens is 115 g/mol. The minimum atomic E-state index is -0.333. The summed E-state index contributed by atoms with van der Waals surface area (Å²) in [5, 5.41) is 0. The molecule has 0 aliphatic rings. The molecule has 0 aliphatic carbocycles. The van der Waals surface area contributed by atoms with Crippen LogP contribution in [0.4, 0.5) is 0 Å². The molecule has 0 aromatic carbocycles. The number of carbonyl (C=O) groups excluding carboxylic acids is 2. The van der Waals surface area contributed by atoms with E-state index in [1.54, 1.807) is 13.8 Å².